The number of carbonyl (C=O) groups is 2. The number of terminal acetylenes is 1. The predicted molar refractivity (Wildman–Crippen MR) is 75.7 cm³/mol. The molecule has 0 spiro atoms. The third-order valence-corrected chi connectivity index (χ3v) is 2.68. The van der Waals surface area contributed by atoms with Gasteiger partial charge in [0.05, 0.1) is 5.56 Å². The Hall–Kier alpha value is -3.06. The number of rotatable bonds is 3. The van der Waals surface area contributed by atoms with Crippen LogP contribution in [0.1, 0.15) is 26.3 Å². The molecule has 2 aromatic rings. The maximum absolute atomic E-state index is 12.0. The van der Waals surface area contributed by atoms with Gasteiger partial charge in [-0.05, 0) is 42.5 Å². The van der Waals surface area contributed by atoms with Crippen molar-refractivity contribution in [2.75, 3.05) is 5.32 Å². The lowest BCUT2D eigenvalue weighted by atomic mass is 10.1. The lowest BCUT2D eigenvalue weighted by molar-refractivity contribution is 0.0696. The number of hydrogen-bond acceptors (Lipinski definition) is 2. The lowest BCUT2D eigenvalue weighted by Crippen LogP contribution is -2.12. The van der Waals surface area contributed by atoms with Crippen molar-refractivity contribution in [3.8, 4) is 12.3 Å². The summed E-state index contributed by atoms with van der Waals surface area (Å²) in [5.41, 5.74) is 1.77. The van der Waals surface area contributed by atoms with Crippen LogP contribution < -0.4 is 5.32 Å². The molecule has 2 rings (SSSR count). The van der Waals surface area contributed by atoms with Crippen molar-refractivity contribution in [1.29, 1.82) is 0 Å². The number of anilines is 1. The molecule has 0 atom stereocenters. The van der Waals surface area contributed by atoms with Gasteiger partial charge in [-0.2, -0.15) is 0 Å². The van der Waals surface area contributed by atoms with Crippen molar-refractivity contribution >= 4 is 17.6 Å². The average Bonchev–Trinajstić information content (AvgIpc) is 2.47. The van der Waals surface area contributed by atoms with Gasteiger partial charge >= 0.3 is 5.97 Å². The van der Waals surface area contributed by atoms with Gasteiger partial charge in [0.15, 0.2) is 0 Å². The zero-order valence-electron chi connectivity index (χ0n) is 10.5. The molecule has 0 aliphatic heterocycles. The molecule has 0 saturated carbocycles. The first-order valence-electron chi connectivity index (χ1n) is 5.81. The third kappa shape index (κ3) is 3.03. The highest BCUT2D eigenvalue weighted by molar-refractivity contribution is 6.04. The number of carboxylic acids is 1. The number of aromatic carboxylic acids is 1. The molecule has 0 aliphatic rings. The van der Waals surface area contributed by atoms with Crippen LogP contribution in [0.15, 0.2) is 48.5 Å². The molecule has 20 heavy (non-hydrogen) atoms. The van der Waals surface area contributed by atoms with Gasteiger partial charge in [0, 0.05) is 16.8 Å². The van der Waals surface area contributed by atoms with Crippen molar-refractivity contribution in [1.82, 2.24) is 0 Å². The molecular weight excluding hydrogens is 254 g/mol. The van der Waals surface area contributed by atoms with Crippen LogP contribution in [0.3, 0.4) is 0 Å². The molecule has 0 bridgehead atoms. The first kappa shape index (κ1) is 13.4. The van der Waals surface area contributed by atoms with E-state index in [1.54, 1.807) is 24.3 Å². The Labute approximate surface area is 116 Å². The number of carboxylic acid groups (broad SMARTS) is 1. The van der Waals surface area contributed by atoms with Crippen molar-refractivity contribution in [2.45, 2.75) is 0 Å². The van der Waals surface area contributed by atoms with E-state index in [-0.39, 0.29) is 11.5 Å². The number of benzene rings is 2. The van der Waals surface area contributed by atoms with Gasteiger partial charge < -0.3 is 10.4 Å². The summed E-state index contributed by atoms with van der Waals surface area (Å²) >= 11 is 0. The Bertz CT molecular complexity index is 696. The maximum atomic E-state index is 12.0. The topological polar surface area (TPSA) is 66.4 Å². The maximum Gasteiger partial charge on any atom is 0.335 e. The molecule has 2 aromatic carbocycles. The molecule has 4 heteroatoms. The molecule has 2 N–H and O–H groups in total. The number of nitrogens with one attached hydrogen (secondary N) is 1. The summed E-state index contributed by atoms with van der Waals surface area (Å²) in [6.45, 7) is 0. The molecule has 0 unspecified atom stereocenters. The third-order valence-electron chi connectivity index (χ3n) is 2.68. The Kier molecular flexibility index (Phi) is 3.82. The average molecular weight is 265 g/mol. The largest absolute Gasteiger partial charge is 0.478 e. The van der Waals surface area contributed by atoms with E-state index < -0.39 is 5.97 Å². The summed E-state index contributed by atoms with van der Waals surface area (Å²) in [6.07, 6.45) is 5.29. The Morgan fingerprint density at radius 3 is 2.30 bits per heavy atom. The molecule has 0 saturated heterocycles. The summed E-state index contributed by atoms with van der Waals surface area (Å²) in [6, 6.07) is 12.6. The molecule has 0 radical (unpaired) electrons. The molecular formula is C16H11NO3. The highest BCUT2D eigenvalue weighted by Crippen LogP contribution is 2.12. The van der Waals surface area contributed by atoms with Crippen LogP contribution in [0.4, 0.5) is 5.69 Å². The van der Waals surface area contributed by atoms with Gasteiger partial charge in [0.1, 0.15) is 0 Å². The van der Waals surface area contributed by atoms with Crippen LogP contribution in [-0.2, 0) is 0 Å². The molecule has 0 aromatic heterocycles. The lowest BCUT2D eigenvalue weighted by Gasteiger charge is -2.06. The molecule has 0 fully saturated rings. The molecule has 1 amide bonds. The van der Waals surface area contributed by atoms with E-state index >= 15 is 0 Å². The Morgan fingerprint density at radius 2 is 1.70 bits per heavy atom. The van der Waals surface area contributed by atoms with E-state index in [1.165, 1.54) is 24.3 Å². The molecule has 4 nitrogen and oxygen atoms in total. The fourth-order valence-electron chi connectivity index (χ4n) is 1.65. The molecule has 98 valence electrons. The predicted octanol–water partition coefficient (Wildman–Crippen LogP) is 2.62. The highest BCUT2D eigenvalue weighted by atomic mass is 16.4. The zero-order valence-corrected chi connectivity index (χ0v) is 10.5. The zero-order chi connectivity index (χ0) is 14.5. The number of hydrogen-bond donors (Lipinski definition) is 2. The summed E-state index contributed by atoms with van der Waals surface area (Å²) < 4.78 is 0. The second-order valence-corrected chi connectivity index (χ2v) is 4.06. The highest BCUT2D eigenvalue weighted by Gasteiger charge is 2.08. The van der Waals surface area contributed by atoms with Crippen LogP contribution in [0.5, 0.6) is 0 Å². The molecule has 0 heterocycles. The van der Waals surface area contributed by atoms with Crippen LogP contribution in [0, 0.1) is 12.3 Å². The van der Waals surface area contributed by atoms with Crippen molar-refractivity contribution in [2.24, 2.45) is 0 Å². The van der Waals surface area contributed by atoms with E-state index in [0.717, 1.165) is 0 Å². The minimum absolute atomic E-state index is 0.135. The Balaban J connectivity index is 2.15. The van der Waals surface area contributed by atoms with Crippen LogP contribution in [0.2, 0.25) is 0 Å². The van der Waals surface area contributed by atoms with E-state index in [9.17, 15) is 9.59 Å². The second kappa shape index (κ2) is 5.72. The summed E-state index contributed by atoms with van der Waals surface area (Å²) in [5.74, 6) is 1.13. The monoisotopic (exact) mass is 265 g/mol. The van der Waals surface area contributed by atoms with Gasteiger partial charge in [-0.15, -0.1) is 6.42 Å². The van der Waals surface area contributed by atoms with Gasteiger partial charge in [-0.1, -0.05) is 12.0 Å². The normalized spacial score (nSPS) is 9.55. The minimum Gasteiger partial charge on any atom is -0.478 e. The van der Waals surface area contributed by atoms with Crippen LogP contribution in [-0.4, -0.2) is 17.0 Å². The van der Waals surface area contributed by atoms with Crippen LogP contribution >= 0.6 is 0 Å². The Morgan fingerprint density at radius 1 is 1.05 bits per heavy atom. The fourth-order valence-corrected chi connectivity index (χ4v) is 1.65. The van der Waals surface area contributed by atoms with Gasteiger partial charge in [0.2, 0.25) is 0 Å². The van der Waals surface area contributed by atoms with Gasteiger partial charge in [0.25, 0.3) is 5.91 Å². The first-order chi connectivity index (χ1) is 9.60. The van der Waals surface area contributed by atoms with Crippen LogP contribution in [0.25, 0.3) is 0 Å². The minimum atomic E-state index is -1.03. The second-order valence-electron chi connectivity index (χ2n) is 4.06. The SMILES string of the molecule is C#Cc1cccc(NC(=O)c2ccc(C(=O)O)cc2)c1. The standard InChI is InChI=1S/C16H11NO3/c1-2-11-4-3-5-14(10-11)17-15(18)12-6-8-13(9-7-12)16(19)20/h1,3-10H,(H,17,18)(H,19,20). The number of carbonyl (C=O) groups excluding carboxylic acids is 1. The van der Waals surface area contributed by atoms with Gasteiger partial charge in [-0.25, -0.2) is 4.79 Å². The van der Waals surface area contributed by atoms with E-state index in [2.05, 4.69) is 11.2 Å². The first-order valence-corrected chi connectivity index (χ1v) is 5.81. The van der Waals surface area contributed by atoms with E-state index in [0.29, 0.717) is 16.8 Å². The van der Waals surface area contributed by atoms with Crippen molar-refractivity contribution in [3.05, 3.63) is 65.2 Å². The summed E-state index contributed by atoms with van der Waals surface area (Å²) in [7, 11) is 0. The molecule has 0 aliphatic carbocycles. The fraction of sp³-hybridized carbons (Fsp3) is 0. The van der Waals surface area contributed by atoms with Crippen molar-refractivity contribution in [3.63, 3.8) is 0 Å². The quantitative estimate of drug-likeness (QED) is 0.838. The van der Waals surface area contributed by atoms with Gasteiger partial charge in [-0.3, -0.25) is 4.79 Å². The van der Waals surface area contributed by atoms with E-state index in [1.807, 2.05) is 0 Å². The van der Waals surface area contributed by atoms with Crippen molar-refractivity contribution < 1.29 is 14.7 Å². The summed E-state index contributed by atoms with van der Waals surface area (Å²) in [4.78, 5) is 22.7. The number of amides is 1. The summed E-state index contributed by atoms with van der Waals surface area (Å²) in [5, 5.41) is 11.5. The van der Waals surface area contributed by atoms with E-state index in [4.69, 9.17) is 11.5 Å². The smallest absolute Gasteiger partial charge is 0.335 e.